The van der Waals surface area contributed by atoms with Crippen LogP contribution in [0.4, 0.5) is 26.3 Å². The van der Waals surface area contributed by atoms with Crippen LogP contribution in [0.15, 0.2) is 142 Å². The predicted octanol–water partition coefficient (Wildman–Crippen LogP) is 14.4. The smallest absolute Gasteiger partial charge is 0.416 e. The van der Waals surface area contributed by atoms with E-state index in [0.29, 0.717) is 28.7 Å². The molecule has 0 aliphatic heterocycles. The van der Waals surface area contributed by atoms with E-state index in [9.17, 15) is 26.3 Å². The second-order valence-electron chi connectivity index (χ2n) is 15.3. The molecule has 0 spiro atoms. The number of benzene rings is 6. The SMILES string of the molecule is FC(F)(F)c1ccc2c(c1)c1cc(C(F)(F)F)ccc1n2-c1ccc2oc3c(c2c1)C=C(c1ccc2c(c1)c1ccccc1n2-c1ccc2oc4cccnc4c2c1)CC3. The van der Waals surface area contributed by atoms with E-state index in [1.54, 1.807) is 16.8 Å². The Balaban J connectivity index is 0.990. The van der Waals surface area contributed by atoms with Gasteiger partial charge in [0.25, 0.3) is 0 Å². The molecule has 1 aliphatic carbocycles. The highest BCUT2D eigenvalue weighted by Crippen LogP contribution is 2.43. The molecule has 0 amide bonds. The number of aromatic nitrogens is 3. The summed E-state index contributed by atoms with van der Waals surface area (Å²) in [5.41, 5.74) is 8.54. The topological polar surface area (TPSA) is 49.0 Å². The number of halogens is 6. The lowest BCUT2D eigenvalue weighted by molar-refractivity contribution is -0.138. The molecule has 60 heavy (non-hydrogen) atoms. The van der Waals surface area contributed by atoms with E-state index in [2.05, 4.69) is 58.1 Å². The third kappa shape index (κ3) is 5.11. The standard InChI is InChI=1S/C49H27F6N3O2/c50-48(51,52)28-9-14-41-34(22-28)35-23-29(49(53,54)55)10-15-42(35)58(41)30-11-17-44-37(24-30)36-21-27(8-16-43(36)59-44)26-7-13-40-33(20-26)32-4-1-2-5-39(32)57(40)31-12-18-45-38(25-31)47-46(60-45)6-3-19-56-47/h1-7,9-15,17-25H,8,16H2. The van der Waals surface area contributed by atoms with Gasteiger partial charge in [-0.25, -0.2) is 0 Å². The molecule has 5 nitrogen and oxygen atoms in total. The first kappa shape index (κ1) is 34.7. The Morgan fingerprint density at radius 3 is 1.77 bits per heavy atom. The van der Waals surface area contributed by atoms with Gasteiger partial charge in [0.2, 0.25) is 0 Å². The number of rotatable bonds is 3. The van der Waals surface area contributed by atoms with Crippen LogP contribution in [0.2, 0.25) is 0 Å². The number of fused-ring (bicyclic) bond motifs is 12. The maximum absolute atomic E-state index is 13.9. The summed E-state index contributed by atoms with van der Waals surface area (Å²) in [5.74, 6) is 0.812. The minimum absolute atomic E-state index is 0.0757. The summed E-state index contributed by atoms with van der Waals surface area (Å²) in [7, 11) is 0. The maximum Gasteiger partial charge on any atom is 0.416 e. The summed E-state index contributed by atoms with van der Waals surface area (Å²) < 4.78 is 99.5. The van der Waals surface area contributed by atoms with Crippen molar-refractivity contribution in [2.24, 2.45) is 0 Å². The van der Waals surface area contributed by atoms with Crippen molar-refractivity contribution in [1.29, 1.82) is 0 Å². The van der Waals surface area contributed by atoms with Crippen LogP contribution in [-0.2, 0) is 18.8 Å². The van der Waals surface area contributed by atoms with Gasteiger partial charge in [0.1, 0.15) is 22.4 Å². The van der Waals surface area contributed by atoms with Crippen molar-refractivity contribution in [3.63, 3.8) is 0 Å². The van der Waals surface area contributed by atoms with Crippen LogP contribution in [0.5, 0.6) is 0 Å². The Hall–Kier alpha value is -7.27. The van der Waals surface area contributed by atoms with E-state index in [1.807, 2.05) is 42.5 Å². The molecule has 0 radical (unpaired) electrons. The van der Waals surface area contributed by atoms with E-state index in [1.165, 1.54) is 12.1 Å². The second-order valence-corrected chi connectivity index (χ2v) is 15.3. The number of pyridine rings is 1. The highest BCUT2D eigenvalue weighted by molar-refractivity contribution is 6.12. The van der Waals surface area contributed by atoms with Crippen molar-refractivity contribution < 1.29 is 35.2 Å². The van der Waals surface area contributed by atoms with E-state index in [4.69, 9.17) is 8.83 Å². The highest BCUT2D eigenvalue weighted by Gasteiger charge is 2.33. The van der Waals surface area contributed by atoms with E-state index in [0.717, 1.165) is 108 Å². The zero-order chi connectivity index (χ0) is 40.7. The van der Waals surface area contributed by atoms with Crippen molar-refractivity contribution in [3.05, 3.63) is 162 Å². The Morgan fingerprint density at radius 2 is 1.08 bits per heavy atom. The molecule has 0 atom stereocenters. The largest absolute Gasteiger partial charge is 0.460 e. The van der Waals surface area contributed by atoms with Crippen LogP contribution in [0.1, 0.15) is 34.4 Å². The monoisotopic (exact) mass is 803 g/mol. The minimum Gasteiger partial charge on any atom is -0.460 e. The van der Waals surface area contributed by atoms with Gasteiger partial charge < -0.3 is 18.0 Å². The van der Waals surface area contributed by atoms with Crippen LogP contribution < -0.4 is 0 Å². The minimum atomic E-state index is -4.67. The predicted molar refractivity (Wildman–Crippen MR) is 223 cm³/mol. The molecule has 6 aromatic carbocycles. The lowest BCUT2D eigenvalue weighted by Crippen LogP contribution is -2.04. The molecular weight excluding hydrogens is 777 g/mol. The van der Waals surface area contributed by atoms with Gasteiger partial charge in [0.15, 0.2) is 5.58 Å². The van der Waals surface area contributed by atoms with Gasteiger partial charge in [-0.1, -0.05) is 24.3 Å². The van der Waals surface area contributed by atoms with Gasteiger partial charge in [-0.05, 0) is 127 Å². The normalized spacial score (nSPS) is 13.8. The van der Waals surface area contributed by atoms with E-state index < -0.39 is 23.5 Å². The number of nitrogens with zero attached hydrogens (tertiary/aromatic N) is 3. The molecule has 0 saturated carbocycles. The average Bonchev–Trinajstić information content (AvgIpc) is 3.99. The van der Waals surface area contributed by atoms with Gasteiger partial charge in [0.05, 0.1) is 33.2 Å². The van der Waals surface area contributed by atoms with Gasteiger partial charge in [-0.3, -0.25) is 4.98 Å². The fourth-order valence-corrected chi connectivity index (χ4v) is 9.19. The summed E-state index contributed by atoms with van der Waals surface area (Å²) in [4.78, 5) is 4.59. The van der Waals surface area contributed by atoms with Gasteiger partial charge >= 0.3 is 12.4 Å². The number of hydrogen-bond acceptors (Lipinski definition) is 3. The fraction of sp³-hybridized carbons (Fsp3) is 0.0816. The third-order valence-electron chi connectivity index (χ3n) is 11.9. The summed E-state index contributed by atoms with van der Waals surface area (Å²) in [6, 6.07) is 36.7. The molecule has 11 heteroatoms. The third-order valence-corrected chi connectivity index (χ3v) is 11.9. The Morgan fingerprint density at radius 1 is 0.483 bits per heavy atom. The average molecular weight is 804 g/mol. The molecule has 5 aromatic heterocycles. The van der Waals surface area contributed by atoms with E-state index in [-0.39, 0.29) is 10.8 Å². The summed E-state index contributed by atoms with van der Waals surface area (Å²) in [5, 5.41) is 4.09. The molecule has 5 heterocycles. The first-order valence-electron chi connectivity index (χ1n) is 19.3. The van der Waals surface area contributed by atoms with Crippen molar-refractivity contribution in [2.45, 2.75) is 25.2 Å². The second kappa shape index (κ2) is 12.1. The Bertz CT molecular complexity index is 3580. The highest BCUT2D eigenvalue weighted by atomic mass is 19.4. The first-order chi connectivity index (χ1) is 29.0. The molecule has 0 saturated heterocycles. The molecule has 11 aromatic rings. The molecule has 0 unspecified atom stereocenters. The zero-order valence-corrected chi connectivity index (χ0v) is 31.1. The Labute approximate surface area is 335 Å². The van der Waals surface area contributed by atoms with Crippen LogP contribution in [0.25, 0.3) is 99.7 Å². The molecule has 1 aliphatic rings. The molecule has 0 N–H and O–H groups in total. The summed E-state index contributed by atoms with van der Waals surface area (Å²) in [6.07, 6.45) is -4.06. The number of allylic oxidation sites excluding steroid dienone is 1. The van der Waals surface area contributed by atoms with Crippen molar-refractivity contribution in [1.82, 2.24) is 14.1 Å². The Kier molecular flexibility index (Phi) is 7.03. The van der Waals surface area contributed by atoms with Crippen LogP contribution in [0.3, 0.4) is 0 Å². The number of furan rings is 2. The van der Waals surface area contributed by atoms with Crippen molar-refractivity contribution in [2.75, 3.05) is 0 Å². The lowest BCUT2D eigenvalue weighted by atomic mass is 9.91. The molecule has 0 bridgehead atoms. The molecular formula is C49H27F6N3O2. The van der Waals surface area contributed by atoms with Crippen LogP contribution >= 0.6 is 0 Å². The maximum atomic E-state index is 13.9. The molecule has 12 rings (SSSR count). The number of para-hydroxylation sites is 1. The summed E-state index contributed by atoms with van der Waals surface area (Å²) >= 11 is 0. The van der Waals surface area contributed by atoms with Gasteiger partial charge in [-0.15, -0.1) is 0 Å². The lowest BCUT2D eigenvalue weighted by Gasteiger charge is -2.14. The number of alkyl halides is 6. The van der Waals surface area contributed by atoms with Crippen molar-refractivity contribution >= 4 is 88.3 Å². The number of aryl methyl sites for hydroxylation is 1. The van der Waals surface area contributed by atoms with E-state index >= 15 is 0 Å². The molecule has 0 fully saturated rings. The summed E-state index contributed by atoms with van der Waals surface area (Å²) in [6.45, 7) is 0. The van der Waals surface area contributed by atoms with Gasteiger partial charge in [0, 0.05) is 61.9 Å². The first-order valence-corrected chi connectivity index (χ1v) is 19.3. The number of hydrogen-bond donors (Lipinski definition) is 0. The van der Waals surface area contributed by atoms with Crippen LogP contribution in [-0.4, -0.2) is 14.1 Å². The molecule has 292 valence electrons. The van der Waals surface area contributed by atoms with Crippen LogP contribution in [0, 0.1) is 0 Å². The zero-order valence-electron chi connectivity index (χ0n) is 31.1. The van der Waals surface area contributed by atoms with Crippen molar-refractivity contribution in [3.8, 4) is 11.4 Å². The fourth-order valence-electron chi connectivity index (χ4n) is 9.19. The van der Waals surface area contributed by atoms with Gasteiger partial charge in [-0.2, -0.15) is 26.3 Å². The quantitative estimate of drug-likeness (QED) is 0.167.